The Kier molecular flexibility index (Phi) is 5.82. The number of benzene rings is 2. The highest BCUT2D eigenvalue weighted by Gasteiger charge is 2.36. The summed E-state index contributed by atoms with van der Waals surface area (Å²) in [6, 6.07) is 15.5. The van der Waals surface area contributed by atoms with Crippen molar-refractivity contribution in [2.24, 2.45) is 4.99 Å². The van der Waals surface area contributed by atoms with Crippen molar-refractivity contribution in [2.45, 2.75) is 30.2 Å². The van der Waals surface area contributed by atoms with Crippen LogP contribution in [0.2, 0.25) is 0 Å². The van der Waals surface area contributed by atoms with Gasteiger partial charge in [-0.1, -0.05) is 36.8 Å². The van der Waals surface area contributed by atoms with Crippen LogP contribution in [0.25, 0.3) is 11.1 Å². The fourth-order valence-corrected chi connectivity index (χ4v) is 6.21. The summed E-state index contributed by atoms with van der Waals surface area (Å²) in [7, 11) is -2.02. The normalized spacial score (nSPS) is 20.2. The van der Waals surface area contributed by atoms with E-state index in [1.807, 2.05) is 36.4 Å². The van der Waals surface area contributed by atoms with Gasteiger partial charge < -0.3 is 9.64 Å². The molecule has 5 rings (SSSR count). The number of hydrogen-bond acceptors (Lipinski definition) is 6. The van der Waals surface area contributed by atoms with Crippen molar-refractivity contribution in [1.29, 1.82) is 0 Å². The number of guanidine groups is 1. The summed E-state index contributed by atoms with van der Waals surface area (Å²) in [5, 5.41) is 0. The molecule has 0 radical (unpaired) electrons. The molecule has 8 heteroatoms. The minimum Gasteiger partial charge on any atom is -0.496 e. The summed E-state index contributed by atoms with van der Waals surface area (Å²) in [5.74, 6) is 1.37. The molecule has 2 aromatic rings. The molecule has 0 spiro atoms. The third-order valence-corrected chi connectivity index (χ3v) is 8.62. The van der Waals surface area contributed by atoms with E-state index in [4.69, 9.17) is 4.74 Å². The second kappa shape index (κ2) is 8.75. The first-order valence-electron chi connectivity index (χ1n) is 11.4. The summed E-state index contributed by atoms with van der Waals surface area (Å²) in [6.45, 7) is 4.52. The van der Waals surface area contributed by atoms with Gasteiger partial charge in [0.25, 0.3) is 10.0 Å². The van der Waals surface area contributed by atoms with Gasteiger partial charge in [-0.2, -0.15) is 0 Å². The van der Waals surface area contributed by atoms with Gasteiger partial charge in [0.15, 0.2) is 0 Å². The van der Waals surface area contributed by atoms with E-state index in [2.05, 4.69) is 14.8 Å². The van der Waals surface area contributed by atoms with E-state index in [-0.39, 0.29) is 0 Å². The quantitative estimate of drug-likeness (QED) is 0.695. The predicted molar refractivity (Wildman–Crippen MR) is 125 cm³/mol. The minimum absolute atomic E-state index is 0.291. The van der Waals surface area contributed by atoms with Crippen molar-refractivity contribution in [1.82, 2.24) is 14.1 Å². The molecule has 0 amide bonds. The van der Waals surface area contributed by atoms with Gasteiger partial charge >= 0.3 is 0 Å². The molecular weight excluding hydrogens is 424 g/mol. The van der Waals surface area contributed by atoms with Crippen molar-refractivity contribution in [3.05, 3.63) is 48.5 Å². The molecular formula is C24H30N4O3S. The molecule has 1 aliphatic carbocycles. The Morgan fingerprint density at radius 3 is 2.31 bits per heavy atom. The number of hydrogen-bond donors (Lipinski definition) is 0. The molecule has 0 bridgehead atoms. The molecule has 0 aromatic heterocycles. The van der Waals surface area contributed by atoms with Crippen LogP contribution in [-0.2, 0) is 10.0 Å². The van der Waals surface area contributed by atoms with Gasteiger partial charge in [0.2, 0.25) is 5.96 Å². The van der Waals surface area contributed by atoms with E-state index >= 15 is 0 Å². The number of ether oxygens (including phenoxy) is 1. The molecule has 2 aliphatic heterocycles. The van der Waals surface area contributed by atoms with Crippen molar-refractivity contribution < 1.29 is 13.2 Å². The Hall–Kier alpha value is -2.58. The zero-order valence-electron chi connectivity index (χ0n) is 18.5. The maximum atomic E-state index is 13.5. The number of aliphatic imine (C=N–C) groups is 1. The molecule has 1 saturated carbocycles. The molecule has 0 N–H and O–H groups in total. The van der Waals surface area contributed by atoms with Crippen LogP contribution in [0.5, 0.6) is 5.75 Å². The lowest BCUT2D eigenvalue weighted by Gasteiger charge is -2.44. The first-order valence-corrected chi connectivity index (χ1v) is 12.8. The summed E-state index contributed by atoms with van der Waals surface area (Å²) in [6.07, 6.45) is 3.93. The Morgan fingerprint density at radius 1 is 0.938 bits per heavy atom. The lowest BCUT2D eigenvalue weighted by molar-refractivity contribution is 0.0833. The SMILES string of the molecule is COc1ccccc1-c1ccc(S(=O)(=O)N2CCN=C2N2CCN(C3CCC3)CC2)cc1. The minimum atomic E-state index is -3.66. The monoisotopic (exact) mass is 454 g/mol. The van der Waals surface area contributed by atoms with E-state index in [1.54, 1.807) is 19.2 Å². The molecule has 0 unspecified atom stereocenters. The molecule has 170 valence electrons. The highest BCUT2D eigenvalue weighted by molar-refractivity contribution is 7.89. The molecule has 7 nitrogen and oxygen atoms in total. The second-order valence-corrected chi connectivity index (χ2v) is 10.5. The second-order valence-electron chi connectivity index (χ2n) is 8.59. The van der Waals surface area contributed by atoms with Gasteiger partial charge in [0.05, 0.1) is 25.1 Å². The largest absolute Gasteiger partial charge is 0.496 e. The summed E-state index contributed by atoms with van der Waals surface area (Å²) < 4.78 is 33.9. The van der Waals surface area contributed by atoms with Gasteiger partial charge in [-0.3, -0.25) is 9.89 Å². The number of sulfonamides is 1. The van der Waals surface area contributed by atoms with Crippen LogP contribution in [0, 0.1) is 0 Å². The van der Waals surface area contributed by atoms with Crippen LogP contribution in [0.4, 0.5) is 0 Å². The first-order chi connectivity index (χ1) is 15.6. The molecule has 1 saturated heterocycles. The lowest BCUT2D eigenvalue weighted by atomic mass is 9.91. The molecule has 2 fully saturated rings. The zero-order valence-corrected chi connectivity index (χ0v) is 19.3. The molecule has 2 heterocycles. The fraction of sp³-hybridized carbons (Fsp3) is 0.458. The molecule has 32 heavy (non-hydrogen) atoms. The van der Waals surface area contributed by atoms with Crippen LogP contribution in [0.15, 0.2) is 58.4 Å². The van der Waals surface area contributed by atoms with Gasteiger partial charge in [0, 0.05) is 37.8 Å². The Balaban J connectivity index is 1.32. The van der Waals surface area contributed by atoms with Crippen molar-refractivity contribution in [3.63, 3.8) is 0 Å². The maximum Gasteiger partial charge on any atom is 0.266 e. The van der Waals surface area contributed by atoms with Gasteiger partial charge in [-0.25, -0.2) is 12.7 Å². The Morgan fingerprint density at radius 2 is 1.66 bits per heavy atom. The predicted octanol–water partition coefficient (Wildman–Crippen LogP) is 2.89. The third kappa shape index (κ3) is 3.86. The van der Waals surface area contributed by atoms with E-state index < -0.39 is 10.0 Å². The topological polar surface area (TPSA) is 65.5 Å². The summed E-state index contributed by atoms with van der Waals surface area (Å²) >= 11 is 0. The number of methoxy groups -OCH3 is 1. The third-order valence-electron chi connectivity index (χ3n) is 6.83. The van der Waals surface area contributed by atoms with Gasteiger partial charge in [0.1, 0.15) is 5.75 Å². The number of nitrogens with zero attached hydrogens (tertiary/aromatic N) is 4. The van der Waals surface area contributed by atoms with Crippen molar-refractivity contribution in [3.8, 4) is 16.9 Å². The van der Waals surface area contributed by atoms with Crippen LogP contribution >= 0.6 is 0 Å². The standard InChI is InChI=1S/C24H30N4O3S/c1-31-23-8-3-2-7-22(23)19-9-11-21(12-10-19)32(29,30)28-14-13-25-24(28)27-17-15-26(16-18-27)20-5-4-6-20/h2-3,7-12,20H,4-6,13-18H2,1H3. The smallest absolute Gasteiger partial charge is 0.266 e. The summed E-state index contributed by atoms with van der Waals surface area (Å²) in [5.41, 5.74) is 1.86. The lowest BCUT2D eigenvalue weighted by Crippen LogP contribution is -2.56. The first kappa shape index (κ1) is 21.3. The van der Waals surface area contributed by atoms with E-state index in [0.29, 0.717) is 23.9 Å². The van der Waals surface area contributed by atoms with Crippen LogP contribution in [0.3, 0.4) is 0 Å². The van der Waals surface area contributed by atoms with Gasteiger partial charge in [-0.15, -0.1) is 0 Å². The van der Waals surface area contributed by atoms with Crippen LogP contribution in [-0.4, -0.2) is 80.9 Å². The van der Waals surface area contributed by atoms with Crippen molar-refractivity contribution >= 4 is 16.0 Å². The highest BCUT2D eigenvalue weighted by atomic mass is 32.2. The zero-order chi connectivity index (χ0) is 22.1. The summed E-state index contributed by atoms with van der Waals surface area (Å²) in [4.78, 5) is 9.56. The van der Waals surface area contributed by atoms with Gasteiger partial charge in [-0.05, 0) is 36.6 Å². The van der Waals surface area contributed by atoms with Crippen LogP contribution < -0.4 is 4.74 Å². The molecule has 3 aliphatic rings. The number of para-hydroxylation sites is 1. The number of rotatable bonds is 5. The number of piperazine rings is 1. The Bertz CT molecular complexity index is 1090. The van der Waals surface area contributed by atoms with Crippen molar-refractivity contribution in [2.75, 3.05) is 46.4 Å². The maximum absolute atomic E-state index is 13.5. The average Bonchev–Trinajstić information content (AvgIpc) is 3.29. The van der Waals surface area contributed by atoms with E-state index in [1.165, 1.54) is 23.6 Å². The molecule has 2 aromatic carbocycles. The highest BCUT2D eigenvalue weighted by Crippen LogP contribution is 2.31. The van der Waals surface area contributed by atoms with E-state index in [0.717, 1.165) is 49.1 Å². The van der Waals surface area contributed by atoms with E-state index in [9.17, 15) is 8.42 Å². The fourth-order valence-electron chi connectivity index (χ4n) is 4.76. The van der Waals surface area contributed by atoms with Crippen LogP contribution in [0.1, 0.15) is 19.3 Å². The average molecular weight is 455 g/mol. The molecule has 0 atom stereocenters. The Labute approximate surface area is 190 Å².